The van der Waals surface area contributed by atoms with Gasteiger partial charge in [0.2, 0.25) is 0 Å². The van der Waals surface area contributed by atoms with Gasteiger partial charge in [0.15, 0.2) is 17.5 Å². The maximum absolute atomic E-state index is 6.56. The molecule has 0 fully saturated rings. The highest BCUT2D eigenvalue weighted by Crippen LogP contribution is 2.37. The monoisotopic (exact) mass is 743 g/mol. The topological polar surface area (TPSA) is 65.0 Å². The Bertz CT molecular complexity index is 3580. The highest BCUT2D eigenvalue weighted by atomic mass is 16.3. The molecule has 3 heterocycles. The van der Waals surface area contributed by atoms with Gasteiger partial charge in [0.05, 0.1) is 0 Å². The SMILES string of the molecule is C1=c2oc3ccc(-c4ccc5ccc6ccccc6c5c4)cc3c2=C(c2nc(-c3ccccc3)nc(-c3cccc(-c4cccc5c4oc4ccccc45)c3)n2)CC1. The van der Waals surface area contributed by atoms with Gasteiger partial charge in [0.1, 0.15) is 22.2 Å². The van der Waals surface area contributed by atoms with Crippen LogP contribution in [-0.4, -0.2) is 15.0 Å². The molecule has 0 spiro atoms. The van der Waals surface area contributed by atoms with Gasteiger partial charge in [-0.2, -0.15) is 0 Å². The van der Waals surface area contributed by atoms with E-state index in [0.29, 0.717) is 17.5 Å². The summed E-state index contributed by atoms with van der Waals surface area (Å²) >= 11 is 0. The predicted octanol–water partition coefficient (Wildman–Crippen LogP) is 12.3. The van der Waals surface area contributed by atoms with E-state index in [0.717, 1.165) is 95.3 Å². The molecule has 12 rings (SSSR count). The molecule has 5 nitrogen and oxygen atoms in total. The van der Waals surface area contributed by atoms with E-state index in [1.54, 1.807) is 0 Å². The molecule has 0 saturated carbocycles. The van der Waals surface area contributed by atoms with Gasteiger partial charge in [0.25, 0.3) is 0 Å². The number of furan rings is 2. The van der Waals surface area contributed by atoms with Crippen LogP contribution in [0, 0.1) is 0 Å². The van der Waals surface area contributed by atoms with Crippen LogP contribution in [0.3, 0.4) is 0 Å². The van der Waals surface area contributed by atoms with Crippen molar-refractivity contribution >= 4 is 66.1 Å². The fourth-order valence-electron chi connectivity index (χ4n) is 8.79. The largest absolute Gasteiger partial charge is 0.456 e. The fourth-order valence-corrected chi connectivity index (χ4v) is 8.79. The minimum absolute atomic E-state index is 0.614. The Hall–Kier alpha value is -7.63. The zero-order valence-electron chi connectivity index (χ0n) is 31.3. The number of nitrogens with zero attached hydrogens (tertiary/aromatic N) is 3. The molecule has 0 saturated heterocycles. The summed E-state index contributed by atoms with van der Waals surface area (Å²) in [5.41, 5.74) is 10.7. The van der Waals surface area contributed by atoms with Crippen LogP contribution in [0.25, 0.3) is 111 Å². The summed E-state index contributed by atoms with van der Waals surface area (Å²) in [7, 11) is 0. The first-order chi connectivity index (χ1) is 28.7. The van der Waals surface area contributed by atoms with Crippen molar-refractivity contribution in [2.24, 2.45) is 0 Å². The van der Waals surface area contributed by atoms with Crippen molar-refractivity contribution in [3.8, 4) is 45.0 Å². The molecule has 1 aliphatic rings. The molecule has 58 heavy (non-hydrogen) atoms. The van der Waals surface area contributed by atoms with Crippen LogP contribution in [0.4, 0.5) is 0 Å². The molecule has 0 atom stereocenters. The lowest BCUT2D eigenvalue weighted by Crippen LogP contribution is -2.27. The quantitative estimate of drug-likeness (QED) is 0.164. The van der Waals surface area contributed by atoms with Crippen molar-refractivity contribution in [1.82, 2.24) is 15.0 Å². The maximum atomic E-state index is 6.56. The minimum Gasteiger partial charge on any atom is -0.456 e. The Balaban J connectivity index is 1.04. The number of benzene rings is 8. The summed E-state index contributed by atoms with van der Waals surface area (Å²) in [5, 5.41) is 9.28. The van der Waals surface area contributed by atoms with Crippen LogP contribution in [0.2, 0.25) is 0 Å². The van der Waals surface area contributed by atoms with Crippen molar-refractivity contribution in [3.63, 3.8) is 0 Å². The van der Waals surface area contributed by atoms with Gasteiger partial charge < -0.3 is 8.83 Å². The molecular weight excluding hydrogens is 711 g/mol. The Labute approximate surface area is 332 Å². The Kier molecular flexibility index (Phi) is 7.29. The second-order valence-corrected chi connectivity index (χ2v) is 15.0. The third kappa shape index (κ3) is 5.28. The first-order valence-corrected chi connectivity index (χ1v) is 19.7. The van der Waals surface area contributed by atoms with Crippen molar-refractivity contribution in [1.29, 1.82) is 0 Å². The van der Waals surface area contributed by atoms with E-state index in [2.05, 4.69) is 146 Å². The number of aromatic nitrogens is 3. The molecule has 8 aromatic carbocycles. The predicted molar refractivity (Wildman–Crippen MR) is 236 cm³/mol. The summed E-state index contributed by atoms with van der Waals surface area (Å²) in [4.78, 5) is 15.6. The molecular formula is C53H33N3O2. The Morgan fingerprint density at radius 1 is 0.397 bits per heavy atom. The molecule has 11 aromatic rings. The number of para-hydroxylation sites is 2. The second kappa shape index (κ2) is 13.0. The summed E-state index contributed by atoms with van der Waals surface area (Å²) in [6, 6.07) is 59.4. The molecule has 5 heteroatoms. The fraction of sp³-hybridized carbons (Fsp3) is 0.0377. The lowest BCUT2D eigenvalue weighted by Gasteiger charge is -2.12. The summed E-state index contributed by atoms with van der Waals surface area (Å²) in [6.45, 7) is 0. The summed E-state index contributed by atoms with van der Waals surface area (Å²) in [6.07, 6.45) is 3.80. The molecule has 3 aromatic heterocycles. The second-order valence-electron chi connectivity index (χ2n) is 15.0. The van der Waals surface area contributed by atoms with E-state index >= 15 is 0 Å². The number of rotatable bonds is 5. The van der Waals surface area contributed by atoms with Crippen LogP contribution >= 0.6 is 0 Å². The minimum atomic E-state index is 0.614. The maximum Gasteiger partial charge on any atom is 0.164 e. The van der Waals surface area contributed by atoms with Crippen molar-refractivity contribution in [2.75, 3.05) is 0 Å². The molecule has 0 N–H and O–H groups in total. The lowest BCUT2D eigenvalue weighted by molar-refractivity contribution is 0.571. The van der Waals surface area contributed by atoms with Gasteiger partial charge in [-0.25, -0.2) is 15.0 Å². The highest BCUT2D eigenvalue weighted by Gasteiger charge is 2.20. The zero-order valence-corrected chi connectivity index (χ0v) is 31.3. The first kappa shape index (κ1) is 32.6. The zero-order chi connectivity index (χ0) is 38.2. The van der Waals surface area contributed by atoms with E-state index < -0.39 is 0 Å². The van der Waals surface area contributed by atoms with E-state index in [9.17, 15) is 0 Å². The molecule has 1 aliphatic carbocycles. The molecule has 272 valence electrons. The van der Waals surface area contributed by atoms with E-state index in [-0.39, 0.29) is 0 Å². The Morgan fingerprint density at radius 3 is 1.93 bits per heavy atom. The number of hydrogen-bond donors (Lipinski definition) is 0. The van der Waals surface area contributed by atoms with E-state index in [4.69, 9.17) is 23.8 Å². The van der Waals surface area contributed by atoms with E-state index in [1.165, 1.54) is 21.5 Å². The van der Waals surface area contributed by atoms with Gasteiger partial charge in [-0.05, 0) is 87.5 Å². The molecule has 0 amide bonds. The molecule has 0 unspecified atom stereocenters. The lowest BCUT2D eigenvalue weighted by atomic mass is 9.95. The third-order valence-corrected chi connectivity index (χ3v) is 11.6. The van der Waals surface area contributed by atoms with Gasteiger partial charge in [0, 0.05) is 43.6 Å². The third-order valence-electron chi connectivity index (χ3n) is 11.6. The smallest absolute Gasteiger partial charge is 0.164 e. The highest BCUT2D eigenvalue weighted by molar-refractivity contribution is 6.10. The number of hydrogen-bond acceptors (Lipinski definition) is 5. The van der Waals surface area contributed by atoms with Crippen LogP contribution in [0.5, 0.6) is 0 Å². The van der Waals surface area contributed by atoms with Gasteiger partial charge in [-0.3, -0.25) is 0 Å². The van der Waals surface area contributed by atoms with Crippen LogP contribution < -0.4 is 10.6 Å². The van der Waals surface area contributed by atoms with E-state index in [1.807, 2.05) is 30.3 Å². The van der Waals surface area contributed by atoms with Crippen molar-refractivity contribution in [2.45, 2.75) is 12.8 Å². The average molecular weight is 744 g/mol. The van der Waals surface area contributed by atoms with Crippen LogP contribution in [0.1, 0.15) is 18.7 Å². The normalized spacial score (nSPS) is 12.8. The molecule has 0 radical (unpaired) electrons. The molecule has 0 bridgehead atoms. The number of fused-ring (bicyclic) bond motifs is 9. The summed E-state index contributed by atoms with van der Waals surface area (Å²) in [5.74, 6) is 1.90. The van der Waals surface area contributed by atoms with Gasteiger partial charge in [-0.15, -0.1) is 0 Å². The van der Waals surface area contributed by atoms with Crippen molar-refractivity contribution in [3.05, 3.63) is 186 Å². The van der Waals surface area contributed by atoms with Crippen LogP contribution in [0.15, 0.2) is 179 Å². The van der Waals surface area contributed by atoms with Gasteiger partial charge >= 0.3 is 0 Å². The van der Waals surface area contributed by atoms with Gasteiger partial charge in [-0.1, -0.05) is 140 Å². The molecule has 0 aliphatic heterocycles. The standard InChI is InChI=1S/C53H33N3O2/c1-2-12-34(13-3-1)51-54-52(38-15-8-14-37(29-38)40-18-9-19-42-41-17-6-7-21-46(41)58-50(40)42)56-53(55-51)43-20-10-22-48-49(43)45-31-36(27-28-47(45)57-48)35-26-25-33-24-23-32-11-4-5-16-39(32)44(33)30-35/h1-9,11-19,21-31H,10,20H2. The Morgan fingerprint density at radius 2 is 1.03 bits per heavy atom. The summed E-state index contributed by atoms with van der Waals surface area (Å²) < 4.78 is 13.0. The van der Waals surface area contributed by atoms with Crippen LogP contribution in [-0.2, 0) is 0 Å². The average Bonchev–Trinajstić information content (AvgIpc) is 3.87. The van der Waals surface area contributed by atoms with Crippen molar-refractivity contribution < 1.29 is 8.83 Å². The first-order valence-electron chi connectivity index (χ1n) is 19.7.